The largest absolute Gasteiger partial charge is 0.347 e. The van der Waals surface area contributed by atoms with Crippen LogP contribution < -0.4 is 0 Å². The highest BCUT2D eigenvalue weighted by Gasteiger charge is 2.59. The van der Waals surface area contributed by atoms with Crippen LogP contribution in [0.2, 0.25) is 0 Å². The van der Waals surface area contributed by atoms with Gasteiger partial charge in [-0.1, -0.05) is 30.4 Å². The third-order valence-corrected chi connectivity index (χ3v) is 6.20. The number of fused-ring (bicyclic) bond motifs is 6. The van der Waals surface area contributed by atoms with Crippen molar-refractivity contribution in [3.8, 4) is 0 Å². The lowest BCUT2D eigenvalue weighted by molar-refractivity contribution is -0.140. The molecule has 25 heavy (non-hydrogen) atoms. The van der Waals surface area contributed by atoms with Crippen LogP contribution in [-0.2, 0) is 16.6 Å². The first-order valence-electron chi connectivity index (χ1n) is 8.72. The zero-order valence-corrected chi connectivity index (χ0v) is 14.2. The van der Waals surface area contributed by atoms with Gasteiger partial charge in [-0.2, -0.15) is 10.1 Å². The van der Waals surface area contributed by atoms with Crippen LogP contribution in [0.5, 0.6) is 0 Å². The molecule has 5 heteroatoms. The Morgan fingerprint density at radius 2 is 1.72 bits per heavy atom. The number of imide groups is 1. The number of rotatable bonds is 2. The van der Waals surface area contributed by atoms with Gasteiger partial charge in [-0.05, 0) is 31.2 Å². The van der Waals surface area contributed by atoms with Crippen LogP contribution in [0.15, 0.2) is 41.5 Å². The summed E-state index contributed by atoms with van der Waals surface area (Å²) in [4.78, 5) is 25.4. The van der Waals surface area contributed by atoms with Gasteiger partial charge in [-0.25, -0.2) is 0 Å². The van der Waals surface area contributed by atoms with Crippen LogP contribution in [0.3, 0.4) is 0 Å². The van der Waals surface area contributed by atoms with Gasteiger partial charge in [0.05, 0.1) is 18.1 Å². The smallest absolute Gasteiger partial charge is 0.254 e. The normalized spacial score (nSPS) is 30.4. The molecule has 126 valence electrons. The van der Waals surface area contributed by atoms with Crippen molar-refractivity contribution >= 4 is 28.9 Å². The predicted molar refractivity (Wildman–Crippen MR) is 94.8 cm³/mol. The van der Waals surface area contributed by atoms with Gasteiger partial charge in [-0.15, -0.1) is 0 Å². The molecular formula is C20H19N3O2. The van der Waals surface area contributed by atoms with Crippen molar-refractivity contribution in [2.45, 2.75) is 13.3 Å². The van der Waals surface area contributed by atoms with E-state index in [9.17, 15) is 9.59 Å². The van der Waals surface area contributed by atoms with Crippen LogP contribution in [0.1, 0.15) is 17.7 Å². The van der Waals surface area contributed by atoms with E-state index in [4.69, 9.17) is 0 Å². The summed E-state index contributed by atoms with van der Waals surface area (Å²) < 4.78 is 2.10. The number of aromatic nitrogens is 1. The molecule has 2 aromatic rings. The van der Waals surface area contributed by atoms with Crippen molar-refractivity contribution < 1.29 is 9.59 Å². The molecule has 4 atom stereocenters. The van der Waals surface area contributed by atoms with E-state index in [0.717, 1.165) is 33.6 Å². The molecule has 4 unspecified atom stereocenters. The Balaban J connectivity index is 1.52. The zero-order chi connectivity index (χ0) is 17.3. The summed E-state index contributed by atoms with van der Waals surface area (Å²) in [5, 5.41) is 6.52. The Morgan fingerprint density at radius 3 is 2.40 bits per heavy atom. The molecule has 0 radical (unpaired) electrons. The predicted octanol–water partition coefficient (Wildman–Crippen LogP) is 2.63. The second kappa shape index (κ2) is 4.91. The van der Waals surface area contributed by atoms with Gasteiger partial charge in [0.15, 0.2) is 0 Å². The van der Waals surface area contributed by atoms with Gasteiger partial charge in [0.25, 0.3) is 11.8 Å². The first-order valence-corrected chi connectivity index (χ1v) is 8.72. The second-order valence-corrected chi connectivity index (χ2v) is 7.31. The fourth-order valence-corrected chi connectivity index (χ4v) is 4.83. The number of benzene rings is 1. The van der Waals surface area contributed by atoms with Crippen molar-refractivity contribution in [2.24, 2.45) is 35.8 Å². The lowest BCUT2D eigenvalue weighted by Crippen LogP contribution is -2.28. The Kier molecular flexibility index (Phi) is 2.87. The molecule has 1 saturated carbocycles. The first kappa shape index (κ1) is 14.6. The molecular weight excluding hydrogens is 314 g/mol. The topological polar surface area (TPSA) is 54.7 Å². The molecule has 1 aliphatic heterocycles. The highest BCUT2D eigenvalue weighted by molar-refractivity contribution is 6.08. The summed E-state index contributed by atoms with van der Waals surface area (Å²) in [5.41, 5.74) is 3.13. The average Bonchev–Trinajstić information content (AvgIpc) is 3.34. The SMILES string of the molecule is Cc1c(C=NN2C(=O)C3C4C=CC(C4)C3C2=O)c2ccccc2n1C. The monoisotopic (exact) mass is 333 g/mol. The van der Waals surface area contributed by atoms with Crippen molar-refractivity contribution in [1.82, 2.24) is 9.58 Å². The third kappa shape index (κ3) is 1.81. The molecule has 1 aromatic carbocycles. The Bertz CT molecular complexity index is 954. The van der Waals surface area contributed by atoms with Gasteiger partial charge < -0.3 is 4.57 Å². The minimum absolute atomic E-state index is 0.138. The molecule has 2 aliphatic carbocycles. The number of carbonyl (C=O) groups excluding carboxylic acids is 2. The summed E-state index contributed by atoms with van der Waals surface area (Å²) in [6, 6.07) is 8.08. The van der Waals surface area contributed by atoms with Gasteiger partial charge >= 0.3 is 0 Å². The molecule has 1 saturated heterocycles. The number of hydrogen-bond acceptors (Lipinski definition) is 3. The van der Waals surface area contributed by atoms with Crippen molar-refractivity contribution in [2.75, 3.05) is 0 Å². The van der Waals surface area contributed by atoms with E-state index in [1.54, 1.807) is 6.21 Å². The highest BCUT2D eigenvalue weighted by Crippen LogP contribution is 2.52. The van der Waals surface area contributed by atoms with E-state index < -0.39 is 0 Å². The number of hydrazone groups is 1. The summed E-state index contributed by atoms with van der Waals surface area (Å²) in [5.74, 6) is -0.250. The minimum atomic E-state index is -0.201. The third-order valence-electron chi connectivity index (χ3n) is 6.20. The van der Waals surface area contributed by atoms with Crippen LogP contribution in [0.4, 0.5) is 0 Å². The highest BCUT2D eigenvalue weighted by atomic mass is 16.2. The van der Waals surface area contributed by atoms with Crippen molar-refractivity contribution in [1.29, 1.82) is 0 Å². The van der Waals surface area contributed by atoms with Crippen molar-refractivity contribution in [3.05, 3.63) is 47.7 Å². The Labute approximate surface area is 145 Å². The van der Waals surface area contributed by atoms with E-state index in [2.05, 4.69) is 27.9 Å². The zero-order valence-electron chi connectivity index (χ0n) is 14.2. The van der Waals surface area contributed by atoms with E-state index in [-0.39, 0.29) is 35.5 Å². The molecule has 5 nitrogen and oxygen atoms in total. The Hall–Kier alpha value is -2.69. The van der Waals surface area contributed by atoms with Crippen molar-refractivity contribution in [3.63, 3.8) is 0 Å². The number of nitrogens with zero attached hydrogens (tertiary/aromatic N) is 3. The quantitative estimate of drug-likeness (QED) is 0.482. The second-order valence-electron chi connectivity index (χ2n) is 7.31. The molecule has 2 bridgehead atoms. The van der Waals surface area contributed by atoms with Gasteiger partial charge in [0.2, 0.25) is 0 Å². The Morgan fingerprint density at radius 1 is 1.08 bits per heavy atom. The maximum atomic E-state index is 12.7. The van der Waals surface area contributed by atoms with E-state index in [1.165, 1.54) is 0 Å². The fourth-order valence-electron chi connectivity index (χ4n) is 4.83. The number of carbonyl (C=O) groups is 2. The van der Waals surface area contributed by atoms with Gasteiger partial charge in [-0.3, -0.25) is 9.59 Å². The lowest BCUT2D eigenvalue weighted by atomic mass is 9.85. The number of aryl methyl sites for hydroxylation is 1. The molecule has 2 heterocycles. The fraction of sp³-hybridized carbons (Fsp3) is 0.350. The van der Waals surface area contributed by atoms with Crippen LogP contribution in [0, 0.1) is 30.6 Å². The molecule has 0 N–H and O–H groups in total. The van der Waals surface area contributed by atoms with Crippen LogP contribution in [-0.4, -0.2) is 27.6 Å². The van der Waals surface area contributed by atoms with Gasteiger partial charge in [0, 0.05) is 29.2 Å². The number of allylic oxidation sites excluding steroid dienone is 2. The average molecular weight is 333 g/mol. The summed E-state index contributed by atoms with van der Waals surface area (Å²) in [7, 11) is 2.01. The molecule has 3 aliphatic rings. The van der Waals surface area contributed by atoms with E-state index >= 15 is 0 Å². The molecule has 5 rings (SSSR count). The molecule has 2 fully saturated rings. The van der Waals surface area contributed by atoms with E-state index in [0.29, 0.717) is 0 Å². The number of para-hydroxylation sites is 1. The molecule has 2 amide bonds. The number of amides is 2. The summed E-state index contributed by atoms with van der Waals surface area (Å²) >= 11 is 0. The molecule has 1 aromatic heterocycles. The summed E-state index contributed by atoms with van der Waals surface area (Å²) in [6.45, 7) is 2.02. The maximum Gasteiger partial charge on any atom is 0.254 e. The van der Waals surface area contributed by atoms with Gasteiger partial charge in [0.1, 0.15) is 0 Å². The first-order chi connectivity index (χ1) is 12.1. The summed E-state index contributed by atoms with van der Waals surface area (Å²) in [6.07, 6.45) is 6.80. The minimum Gasteiger partial charge on any atom is -0.347 e. The maximum absolute atomic E-state index is 12.7. The standard InChI is InChI=1S/C20H19N3O2/c1-11-15(14-5-3-4-6-16(14)22(11)2)10-21-23-19(24)17-12-7-8-13(9-12)18(17)20(23)25/h3-8,10,12-13,17-18H,9H2,1-2H3. The van der Waals surface area contributed by atoms with Crippen LogP contribution in [0.25, 0.3) is 10.9 Å². The molecule has 0 spiro atoms. The number of hydrogen-bond donors (Lipinski definition) is 0. The van der Waals surface area contributed by atoms with E-state index in [1.807, 2.05) is 32.2 Å². The lowest BCUT2D eigenvalue weighted by Gasteiger charge is -2.13. The van der Waals surface area contributed by atoms with Crippen LogP contribution >= 0.6 is 0 Å².